The van der Waals surface area contributed by atoms with Gasteiger partial charge in [0.25, 0.3) is 0 Å². The predicted molar refractivity (Wildman–Crippen MR) is 159 cm³/mol. The van der Waals surface area contributed by atoms with Crippen LogP contribution in [0.4, 0.5) is 27.7 Å². The Kier molecular flexibility index (Phi) is 7.56. The number of carbonyl (C=O) groups excluding carboxylic acids is 1. The maximum Gasteiger partial charge on any atom is 0.410 e. The first-order valence-corrected chi connectivity index (χ1v) is 14.4. The van der Waals surface area contributed by atoms with Crippen LogP contribution in [-0.2, 0) is 11.3 Å². The van der Waals surface area contributed by atoms with Crippen LogP contribution in [0.2, 0.25) is 5.15 Å². The smallest absolute Gasteiger partial charge is 0.410 e. The third-order valence-corrected chi connectivity index (χ3v) is 8.79. The number of likely N-dealkylation sites (tertiary alicyclic amines) is 1. The van der Waals surface area contributed by atoms with Crippen molar-refractivity contribution in [2.24, 2.45) is 0 Å². The fourth-order valence-electron chi connectivity index (χ4n) is 6.47. The summed E-state index contributed by atoms with van der Waals surface area (Å²) in [5.74, 6) is 0.427. The van der Waals surface area contributed by atoms with E-state index in [0.29, 0.717) is 48.8 Å². The highest BCUT2D eigenvalue weighted by atomic mass is 35.5. The Labute approximate surface area is 240 Å². The summed E-state index contributed by atoms with van der Waals surface area (Å²) in [6.45, 7) is 3.46. The average molecular weight is 562 g/mol. The number of carbonyl (C=O) groups is 1. The van der Waals surface area contributed by atoms with E-state index < -0.39 is 0 Å². The minimum Gasteiger partial charge on any atom is -0.445 e. The number of halogens is 1. The minimum absolute atomic E-state index is 0.229. The van der Waals surface area contributed by atoms with Gasteiger partial charge >= 0.3 is 6.09 Å². The molecule has 3 aliphatic heterocycles. The van der Waals surface area contributed by atoms with E-state index >= 15 is 0 Å². The molecule has 6 rings (SSSR count). The molecule has 3 fully saturated rings. The number of hydrogen-bond donors (Lipinski definition) is 1. The normalized spacial score (nSPS) is 21.0. The van der Waals surface area contributed by atoms with Gasteiger partial charge in [-0.05, 0) is 49.4 Å². The number of ether oxygens (including phenoxy) is 1. The lowest BCUT2D eigenvalue weighted by Crippen LogP contribution is -2.54. The van der Waals surface area contributed by atoms with Gasteiger partial charge in [-0.1, -0.05) is 48.0 Å². The van der Waals surface area contributed by atoms with Crippen molar-refractivity contribution in [3.63, 3.8) is 0 Å². The first-order valence-electron chi connectivity index (χ1n) is 14.1. The Morgan fingerprint density at radius 3 is 2.45 bits per heavy atom. The highest BCUT2D eigenvalue weighted by molar-refractivity contribution is 6.29. The molecule has 3 aromatic rings. The maximum atomic E-state index is 12.6. The molecule has 2 N–H and O–H groups in total. The van der Waals surface area contributed by atoms with E-state index in [2.05, 4.69) is 56.2 Å². The summed E-state index contributed by atoms with van der Waals surface area (Å²) < 4.78 is 5.55. The molecule has 4 heterocycles. The molecule has 2 aromatic carbocycles. The number of rotatable bonds is 6. The summed E-state index contributed by atoms with van der Waals surface area (Å²) in [4.78, 5) is 21.7. The molecule has 2 atom stereocenters. The monoisotopic (exact) mass is 561 g/mol. The number of benzene rings is 2. The Hall–Kier alpha value is -3.72. The number of nitrogens with two attached hydrogens (primary N) is 1. The third-order valence-electron chi connectivity index (χ3n) is 8.61. The van der Waals surface area contributed by atoms with Crippen LogP contribution in [0.1, 0.15) is 31.2 Å². The first kappa shape index (κ1) is 26.5. The number of nitrogen functional groups attached to an aromatic ring is 1. The van der Waals surface area contributed by atoms with Gasteiger partial charge < -0.3 is 30.1 Å². The molecule has 0 aliphatic carbocycles. The lowest BCUT2D eigenvalue weighted by molar-refractivity contribution is 0.0870. The Bertz CT molecular complexity index is 1320. The lowest BCUT2D eigenvalue weighted by Gasteiger charge is -2.44. The fourth-order valence-corrected chi connectivity index (χ4v) is 6.61. The Morgan fingerprint density at radius 2 is 1.73 bits per heavy atom. The van der Waals surface area contributed by atoms with Crippen LogP contribution in [0.15, 0.2) is 60.7 Å². The van der Waals surface area contributed by atoms with Gasteiger partial charge in [-0.2, -0.15) is 0 Å². The van der Waals surface area contributed by atoms with Crippen LogP contribution < -0.4 is 20.4 Å². The van der Waals surface area contributed by atoms with Crippen LogP contribution in [0, 0.1) is 0 Å². The van der Waals surface area contributed by atoms with Gasteiger partial charge in [-0.3, -0.25) is 0 Å². The number of hydrogen-bond acceptors (Lipinski definition) is 8. The first-order chi connectivity index (χ1) is 19.5. The van der Waals surface area contributed by atoms with Crippen LogP contribution >= 0.6 is 11.6 Å². The second-order valence-electron chi connectivity index (χ2n) is 11.0. The van der Waals surface area contributed by atoms with Crippen LogP contribution in [-0.4, -0.2) is 72.5 Å². The summed E-state index contributed by atoms with van der Waals surface area (Å²) in [5.41, 5.74) is 10.5. The highest BCUT2D eigenvalue weighted by Gasteiger charge is 2.41. The van der Waals surface area contributed by atoms with Gasteiger partial charge in [0.2, 0.25) is 0 Å². The van der Waals surface area contributed by atoms with Gasteiger partial charge in [0.15, 0.2) is 11.0 Å². The van der Waals surface area contributed by atoms with Crippen LogP contribution in [0.5, 0.6) is 0 Å². The summed E-state index contributed by atoms with van der Waals surface area (Å²) >= 11 is 6.12. The standard InChI is InChI=1S/C30H36ClN7O2/c1-35(22-12-14-36(15-13-22)30(39)40-20-21-6-3-2-4-7-21)23-8-5-9-24(16-23)38-25-10-11-26(38)19-37(18-25)27-17-28(31)33-34-29(27)32/h2-9,16-17,22,25-26H,10-15,18-20H2,1H3,(H2,32,34)/t25-,26+. The lowest BCUT2D eigenvalue weighted by atomic mass is 10.0. The SMILES string of the molecule is CN(c1cccc(N2[C@@H]3CC[C@H]2CN(c2cc(Cl)nnc2N)C3)c1)C1CCN(C(=O)OCc2ccccc2)CC1. The molecule has 1 amide bonds. The summed E-state index contributed by atoms with van der Waals surface area (Å²) in [5, 5.41) is 8.26. The molecule has 0 radical (unpaired) electrons. The molecule has 9 nitrogen and oxygen atoms in total. The van der Waals surface area contributed by atoms with Crippen molar-refractivity contribution in [1.29, 1.82) is 0 Å². The van der Waals surface area contributed by atoms with E-state index in [9.17, 15) is 4.79 Å². The van der Waals surface area contributed by atoms with Crippen molar-refractivity contribution in [3.8, 4) is 0 Å². The zero-order valence-electron chi connectivity index (χ0n) is 22.8. The van der Waals surface area contributed by atoms with Gasteiger partial charge in [0.1, 0.15) is 6.61 Å². The van der Waals surface area contributed by atoms with Crippen molar-refractivity contribution in [1.82, 2.24) is 15.1 Å². The summed E-state index contributed by atoms with van der Waals surface area (Å²) in [6.07, 6.45) is 3.89. The maximum absolute atomic E-state index is 12.6. The number of amides is 1. The molecule has 2 bridgehead atoms. The Balaban J connectivity index is 1.07. The molecular formula is C30H36ClN7O2. The number of fused-ring (bicyclic) bond motifs is 2. The predicted octanol–water partition coefficient (Wildman–Crippen LogP) is 4.81. The van der Waals surface area contributed by atoms with Gasteiger partial charge in [0, 0.05) is 68.8 Å². The average Bonchev–Trinajstić information content (AvgIpc) is 3.26. The molecule has 0 unspecified atom stereocenters. The second kappa shape index (κ2) is 11.4. The van der Waals surface area contributed by atoms with E-state index in [0.717, 1.165) is 50.0 Å². The Morgan fingerprint density at radius 1 is 1.00 bits per heavy atom. The van der Waals surface area contributed by atoms with Crippen molar-refractivity contribution in [2.75, 3.05) is 53.7 Å². The largest absolute Gasteiger partial charge is 0.445 e. The quantitative estimate of drug-likeness (QED) is 0.458. The summed E-state index contributed by atoms with van der Waals surface area (Å²) in [6, 6.07) is 21.7. The molecule has 10 heteroatoms. The van der Waals surface area contributed by atoms with Crippen molar-refractivity contribution in [3.05, 3.63) is 71.4 Å². The number of aromatic nitrogens is 2. The molecule has 3 saturated heterocycles. The topological polar surface area (TPSA) is 91.1 Å². The molecular weight excluding hydrogens is 526 g/mol. The molecule has 0 saturated carbocycles. The van der Waals surface area contributed by atoms with Crippen molar-refractivity contribution >= 4 is 40.6 Å². The van der Waals surface area contributed by atoms with E-state index in [1.165, 1.54) is 11.4 Å². The fraction of sp³-hybridized carbons (Fsp3) is 0.433. The molecule has 210 valence electrons. The molecule has 40 heavy (non-hydrogen) atoms. The van der Waals surface area contributed by atoms with Crippen molar-refractivity contribution < 1.29 is 9.53 Å². The minimum atomic E-state index is -0.229. The zero-order valence-corrected chi connectivity index (χ0v) is 23.6. The van der Waals surface area contributed by atoms with E-state index in [4.69, 9.17) is 22.1 Å². The molecule has 1 aromatic heterocycles. The molecule has 0 spiro atoms. The van der Waals surface area contributed by atoms with E-state index in [-0.39, 0.29) is 6.09 Å². The van der Waals surface area contributed by atoms with Gasteiger partial charge in [0.05, 0.1) is 5.69 Å². The molecule has 3 aliphatic rings. The highest BCUT2D eigenvalue weighted by Crippen LogP contribution is 2.39. The van der Waals surface area contributed by atoms with E-state index in [1.54, 1.807) is 0 Å². The van der Waals surface area contributed by atoms with E-state index in [1.807, 2.05) is 41.3 Å². The number of piperidine rings is 1. The zero-order chi connectivity index (χ0) is 27.6. The van der Waals surface area contributed by atoms with Crippen molar-refractivity contribution in [2.45, 2.75) is 50.4 Å². The number of anilines is 4. The third kappa shape index (κ3) is 5.47. The number of nitrogens with zero attached hydrogens (tertiary/aromatic N) is 6. The van der Waals surface area contributed by atoms with Crippen LogP contribution in [0.3, 0.4) is 0 Å². The van der Waals surface area contributed by atoms with Gasteiger partial charge in [-0.25, -0.2) is 4.79 Å². The van der Waals surface area contributed by atoms with Crippen LogP contribution in [0.25, 0.3) is 0 Å². The van der Waals surface area contributed by atoms with Gasteiger partial charge in [-0.15, -0.1) is 10.2 Å². The second-order valence-corrected chi connectivity index (χ2v) is 11.4. The number of piperazine rings is 1. The summed E-state index contributed by atoms with van der Waals surface area (Å²) in [7, 11) is 2.17.